The van der Waals surface area contributed by atoms with Crippen LogP contribution >= 0.6 is 7.14 Å². The van der Waals surface area contributed by atoms with E-state index in [1.54, 1.807) is 0 Å². The van der Waals surface area contributed by atoms with E-state index < -0.39 is 7.14 Å². The highest BCUT2D eigenvalue weighted by Crippen LogP contribution is 2.55. The molecule has 1 heterocycles. The van der Waals surface area contributed by atoms with Gasteiger partial charge in [0, 0.05) is 60.2 Å². The molecule has 53 heavy (non-hydrogen) atoms. The van der Waals surface area contributed by atoms with E-state index >= 15 is 4.57 Å². The molecule has 9 aromatic rings. The van der Waals surface area contributed by atoms with Crippen molar-refractivity contribution in [3.8, 4) is 0 Å². The number of anilines is 6. The van der Waals surface area contributed by atoms with Gasteiger partial charge in [0.05, 0.1) is 11.4 Å². The van der Waals surface area contributed by atoms with E-state index in [2.05, 4.69) is 199 Å². The molecule has 4 heteroatoms. The van der Waals surface area contributed by atoms with E-state index in [0.29, 0.717) is 0 Å². The van der Waals surface area contributed by atoms with Gasteiger partial charge in [0.15, 0.2) is 7.14 Å². The minimum atomic E-state index is -3.37. The summed E-state index contributed by atoms with van der Waals surface area (Å²) in [5.74, 6) is 0. The third kappa shape index (κ3) is 4.78. The second-order valence-corrected chi connectivity index (χ2v) is 16.4. The Balaban J connectivity index is 1.36. The van der Waals surface area contributed by atoms with Crippen molar-refractivity contribution in [3.63, 3.8) is 0 Å². The lowest BCUT2D eigenvalue weighted by molar-refractivity contribution is 0.592. The average molecular weight is 699 g/mol. The standard InChI is InChI=1S/C49H35N2OP/c1-34-16-14-15-25-44(34)53(52)45-32-30-42(50(36-17-6-2-7-18-36)37-19-8-3-9-20-37)40-28-26-35-27-29-41-43(31-33-46(53)49(41)47(35)48(40)45)51(38-21-10-4-11-22-38)39-23-12-5-13-24-39/h2-33H,1H3. The van der Waals surface area contributed by atoms with Crippen LogP contribution in [0, 0.1) is 6.92 Å². The predicted octanol–water partition coefficient (Wildman–Crippen LogP) is 12.3. The summed E-state index contributed by atoms with van der Waals surface area (Å²) in [6.45, 7) is 2.09. The zero-order chi connectivity index (χ0) is 35.5. The van der Waals surface area contributed by atoms with Gasteiger partial charge in [-0.05, 0) is 96.1 Å². The maximum absolute atomic E-state index is 16.6. The number of aryl methyl sites for hydroxylation is 1. The molecule has 0 aromatic heterocycles. The number of para-hydroxylation sites is 4. The van der Waals surface area contributed by atoms with Crippen LogP contribution in [0.25, 0.3) is 32.3 Å². The van der Waals surface area contributed by atoms with Gasteiger partial charge in [-0.2, -0.15) is 0 Å². The van der Waals surface area contributed by atoms with Crippen molar-refractivity contribution in [3.05, 3.63) is 200 Å². The SMILES string of the molecule is Cc1ccccc1P1(=O)c2ccc(N(c3ccccc3)c3ccccc3)c3ccc4ccc5c(N(c6ccccc6)c6ccccc6)ccc1c5c4c23. The normalized spacial score (nSPS) is 12.8. The van der Waals surface area contributed by atoms with Gasteiger partial charge >= 0.3 is 0 Å². The molecule has 3 nitrogen and oxygen atoms in total. The fraction of sp³-hybridized carbons (Fsp3) is 0.0204. The smallest absolute Gasteiger partial charge is 0.172 e. The van der Waals surface area contributed by atoms with Gasteiger partial charge in [-0.25, -0.2) is 0 Å². The lowest BCUT2D eigenvalue weighted by Gasteiger charge is -2.34. The van der Waals surface area contributed by atoms with Gasteiger partial charge < -0.3 is 14.4 Å². The lowest BCUT2D eigenvalue weighted by Crippen LogP contribution is -2.30. The van der Waals surface area contributed by atoms with Crippen molar-refractivity contribution >= 4 is 89.5 Å². The molecule has 1 aliphatic heterocycles. The van der Waals surface area contributed by atoms with Gasteiger partial charge in [-0.1, -0.05) is 121 Å². The first-order chi connectivity index (χ1) is 26.1. The van der Waals surface area contributed by atoms with E-state index in [4.69, 9.17) is 0 Å². The summed E-state index contributed by atoms with van der Waals surface area (Å²) in [6, 6.07) is 67.9. The zero-order valence-electron chi connectivity index (χ0n) is 29.2. The molecule has 0 aliphatic carbocycles. The first-order valence-corrected chi connectivity index (χ1v) is 19.8. The van der Waals surface area contributed by atoms with E-state index in [0.717, 1.165) is 87.9 Å². The maximum atomic E-state index is 16.6. The average Bonchev–Trinajstić information content (AvgIpc) is 3.22. The van der Waals surface area contributed by atoms with Crippen LogP contribution in [0.15, 0.2) is 194 Å². The molecule has 0 unspecified atom stereocenters. The summed E-state index contributed by atoms with van der Waals surface area (Å²) in [6.07, 6.45) is 0. The molecule has 10 rings (SSSR count). The summed E-state index contributed by atoms with van der Waals surface area (Å²) >= 11 is 0. The van der Waals surface area contributed by atoms with Crippen molar-refractivity contribution in [2.24, 2.45) is 0 Å². The minimum absolute atomic E-state index is 0.889. The summed E-state index contributed by atoms with van der Waals surface area (Å²) < 4.78 is 16.6. The number of hydrogen-bond donors (Lipinski definition) is 0. The van der Waals surface area contributed by atoms with Crippen LogP contribution in [-0.4, -0.2) is 0 Å². The molecular weight excluding hydrogens is 664 g/mol. The van der Waals surface area contributed by atoms with E-state index in [-0.39, 0.29) is 0 Å². The molecule has 1 aliphatic rings. The van der Waals surface area contributed by atoms with Crippen molar-refractivity contribution in [1.82, 2.24) is 0 Å². The Morgan fingerprint density at radius 2 is 0.736 bits per heavy atom. The van der Waals surface area contributed by atoms with Gasteiger partial charge in [0.25, 0.3) is 0 Å². The maximum Gasteiger partial charge on any atom is 0.172 e. The zero-order valence-corrected chi connectivity index (χ0v) is 30.1. The van der Waals surface area contributed by atoms with E-state index in [9.17, 15) is 0 Å². The van der Waals surface area contributed by atoms with Gasteiger partial charge in [0.2, 0.25) is 0 Å². The number of nitrogens with zero attached hydrogens (tertiary/aromatic N) is 2. The summed E-state index contributed by atoms with van der Waals surface area (Å²) in [4.78, 5) is 4.64. The molecule has 0 spiro atoms. The second kappa shape index (κ2) is 12.4. The summed E-state index contributed by atoms with van der Waals surface area (Å²) in [5.41, 5.74) is 7.38. The van der Waals surface area contributed by atoms with Crippen LogP contribution in [0.2, 0.25) is 0 Å². The Morgan fingerprint density at radius 3 is 1.13 bits per heavy atom. The molecule has 0 atom stereocenters. The second-order valence-electron chi connectivity index (χ2n) is 13.7. The highest BCUT2D eigenvalue weighted by atomic mass is 31.2. The molecule has 0 amide bonds. The molecular formula is C49H35N2OP. The molecule has 0 N–H and O–H groups in total. The first-order valence-electron chi connectivity index (χ1n) is 18.1. The van der Waals surface area contributed by atoms with Crippen LogP contribution in [0.3, 0.4) is 0 Å². The van der Waals surface area contributed by atoms with Crippen LogP contribution in [-0.2, 0) is 4.57 Å². The van der Waals surface area contributed by atoms with Crippen molar-refractivity contribution in [2.45, 2.75) is 6.92 Å². The molecule has 0 radical (unpaired) electrons. The van der Waals surface area contributed by atoms with Crippen LogP contribution in [0.1, 0.15) is 5.56 Å². The monoisotopic (exact) mass is 698 g/mol. The summed E-state index contributed by atoms with van der Waals surface area (Å²) in [7, 11) is -3.37. The number of rotatable bonds is 7. The third-order valence-electron chi connectivity index (χ3n) is 10.7. The van der Waals surface area contributed by atoms with Crippen molar-refractivity contribution in [2.75, 3.05) is 9.80 Å². The van der Waals surface area contributed by atoms with Crippen LogP contribution in [0.4, 0.5) is 34.1 Å². The molecule has 0 saturated carbocycles. The van der Waals surface area contributed by atoms with Crippen LogP contribution < -0.4 is 25.7 Å². The Kier molecular flexibility index (Phi) is 7.32. The molecule has 0 saturated heterocycles. The van der Waals surface area contributed by atoms with E-state index in [1.165, 1.54) is 0 Å². The van der Waals surface area contributed by atoms with Gasteiger partial charge in [-0.15, -0.1) is 0 Å². The fourth-order valence-corrected chi connectivity index (χ4v) is 11.7. The molecule has 0 bridgehead atoms. The number of hydrogen-bond acceptors (Lipinski definition) is 3. The fourth-order valence-electron chi connectivity index (χ4n) is 8.42. The quantitative estimate of drug-likeness (QED) is 0.122. The van der Waals surface area contributed by atoms with Gasteiger partial charge in [-0.3, -0.25) is 0 Å². The topological polar surface area (TPSA) is 23.6 Å². The Bertz CT molecular complexity index is 2630. The molecule has 0 fully saturated rings. The largest absolute Gasteiger partial charge is 0.310 e. The first kappa shape index (κ1) is 31.3. The van der Waals surface area contributed by atoms with Crippen LogP contribution in [0.5, 0.6) is 0 Å². The highest BCUT2D eigenvalue weighted by Gasteiger charge is 2.39. The predicted molar refractivity (Wildman–Crippen MR) is 226 cm³/mol. The van der Waals surface area contributed by atoms with Crippen molar-refractivity contribution < 1.29 is 4.57 Å². The lowest BCUT2D eigenvalue weighted by atomic mass is 9.93. The van der Waals surface area contributed by atoms with Crippen molar-refractivity contribution in [1.29, 1.82) is 0 Å². The van der Waals surface area contributed by atoms with E-state index in [1.807, 2.05) is 12.1 Å². The Morgan fingerprint density at radius 1 is 0.358 bits per heavy atom. The minimum Gasteiger partial charge on any atom is -0.310 e. The number of benzene rings is 9. The molecule has 252 valence electrons. The van der Waals surface area contributed by atoms with Gasteiger partial charge in [0.1, 0.15) is 0 Å². The summed E-state index contributed by atoms with van der Waals surface area (Å²) in [5, 5.41) is 9.23. The highest BCUT2D eigenvalue weighted by molar-refractivity contribution is 7.86. The third-order valence-corrected chi connectivity index (χ3v) is 14.0. The Labute approximate surface area is 309 Å². The molecule has 9 aromatic carbocycles. The Hall–Kier alpha value is -6.41.